The van der Waals surface area contributed by atoms with E-state index in [4.69, 9.17) is 16.3 Å². The van der Waals surface area contributed by atoms with Crippen molar-refractivity contribution in [3.05, 3.63) is 76.1 Å². The van der Waals surface area contributed by atoms with Gasteiger partial charge in [0.15, 0.2) is 0 Å². The molecule has 0 aliphatic heterocycles. The molecule has 30 heavy (non-hydrogen) atoms. The highest BCUT2D eigenvalue weighted by atomic mass is 35.5. The fourth-order valence-corrected chi connectivity index (χ4v) is 5.13. The van der Waals surface area contributed by atoms with Gasteiger partial charge in [-0.2, -0.15) is 0 Å². The molecular weight excluding hydrogens is 444 g/mol. The van der Waals surface area contributed by atoms with Gasteiger partial charge in [0, 0.05) is 17.6 Å². The first-order valence-electron chi connectivity index (χ1n) is 9.08. The number of ether oxygens (including phenoxy) is 1. The summed E-state index contributed by atoms with van der Waals surface area (Å²) < 4.78 is 32.2. The Morgan fingerprint density at radius 2 is 1.90 bits per heavy atom. The Hall–Kier alpha value is -2.55. The third kappa shape index (κ3) is 5.13. The number of nitrogens with one attached hydrogen (secondary N) is 1. The SMILES string of the molecule is Cc1ccc(OCCNC(=O)c2ccc(N(C)S(=O)(=O)c3cccs3)cc2)cc1Cl. The molecule has 0 spiro atoms. The van der Waals surface area contributed by atoms with Crippen LogP contribution in [0.1, 0.15) is 15.9 Å². The van der Waals surface area contributed by atoms with Crippen LogP contribution in [0.15, 0.2) is 64.2 Å². The molecule has 9 heteroatoms. The van der Waals surface area contributed by atoms with E-state index < -0.39 is 10.0 Å². The molecule has 0 unspecified atom stereocenters. The number of carbonyl (C=O) groups excluding carboxylic acids is 1. The number of hydrogen-bond acceptors (Lipinski definition) is 5. The maximum Gasteiger partial charge on any atom is 0.273 e. The van der Waals surface area contributed by atoms with Crippen molar-refractivity contribution in [2.75, 3.05) is 24.5 Å². The number of anilines is 1. The lowest BCUT2D eigenvalue weighted by Gasteiger charge is -2.18. The molecule has 2 aromatic carbocycles. The Morgan fingerprint density at radius 1 is 1.17 bits per heavy atom. The minimum atomic E-state index is -3.61. The van der Waals surface area contributed by atoms with Crippen LogP contribution in [0.2, 0.25) is 5.02 Å². The summed E-state index contributed by atoms with van der Waals surface area (Å²) in [6.07, 6.45) is 0. The summed E-state index contributed by atoms with van der Waals surface area (Å²) in [6, 6.07) is 15.1. The van der Waals surface area contributed by atoms with Crippen molar-refractivity contribution in [2.45, 2.75) is 11.1 Å². The van der Waals surface area contributed by atoms with Crippen molar-refractivity contribution in [3.63, 3.8) is 0 Å². The van der Waals surface area contributed by atoms with E-state index in [1.54, 1.807) is 47.8 Å². The molecule has 0 aliphatic rings. The molecule has 1 N–H and O–H groups in total. The zero-order chi connectivity index (χ0) is 21.7. The van der Waals surface area contributed by atoms with E-state index in [1.165, 1.54) is 11.4 Å². The molecule has 0 bridgehead atoms. The fourth-order valence-electron chi connectivity index (χ4n) is 2.61. The minimum Gasteiger partial charge on any atom is -0.492 e. The van der Waals surface area contributed by atoms with Crippen molar-refractivity contribution in [1.82, 2.24) is 5.32 Å². The van der Waals surface area contributed by atoms with Crippen molar-refractivity contribution in [2.24, 2.45) is 0 Å². The summed E-state index contributed by atoms with van der Waals surface area (Å²) in [5.41, 5.74) is 1.87. The monoisotopic (exact) mass is 464 g/mol. The number of thiophene rings is 1. The smallest absolute Gasteiger partial charge is 0.273 e. The molecule has 0 saturated carbocycles. The molecule has 1 aromatic heterocycles. The largest absolute Gasteiger partial charge is 0.492 e. The molecule has 0 fully saturated rings. The number of halogens is 1. The van der Waals surface area contributed by atoms with Gasteiger partial charge in [0.2, 0.25) is 0 Å². The fraction of sp³-hybridized carbons (Fsp3) is 0.190. The van der Waals surface area contributed by atoms with Gasteiger partial charge in [0.25, 0.3) is 15.9 Å². The Morgan fingerprint density at radius 3 is 2.53 bits per heavy atom. The topological polar surface area (TPSA) is 75.7 Å². The van der Waals surface area contributed by atoms with Gasteiger partial charge in [-0.05, 0) is 60.3 Å². The Kier molecular flexibility index (Phi) is 7.02. The third-order valence-corrected chi connectivity index (χ3v) is 7.97. The first-order chi connectivity index (χ1) is 14.3. The molecule has 6 nitrogen and oxygen atoms in total. The second kappa shape index (κ2) is 9.51. The van der Waals surface area contributed by atoms with Gasteiger partial charge in [-0.1, -0.05) is 23.7 Å². The zero-order valence-electron chi connectivity index (χ0n) is 16.5. The Labute approximate surface area is 185 Å². The predicted molar refractivity (Wildman–Crippen MR) is 120 cm³/mol. The first kappa shape index (κ1) is 22.1. The van der Waals surface area contributed by atoms with E-state index >= 15 is 0 Å². The number of carbonyl (C=O) groups is 1. The van der Waals surface area contributed by atoms with Crippen LogP contribution < -0.4 is 14.4 Å². The maximum atomic E-state index is 12.6. The number of benzene rings is 2. The zero-order valence-corrected chi connectivity index (χ0v) is 18.9. The lowest BCUT2D eigenvalue weighted by molar-refractivity contribution is 0.0947. The normalized spacial score (nSPS) is 11.2. The summed E-state index contributed by atoms with van der Waals surface area (Å²) in [4.78, 5) is 12.3. The molecule has 0 radical (unpaired) electrons. The van der Waals surface area contributed by atoms with Gasteiger partial charge < -0.3 is 10.1 Å². The van der Waals surface area contributed by atoms with E-state index in [0.717, 1.165) is 16.9 Å². The Balaban J connectivity index is 1.54. The van der Waals surface area contributed by atoms with Gasteiger partial charge in [-0.25, -0.2) is 8.42 Å². The van der Waals surface area contributed by atoms with Gasteiger partial charge >= 0.3 is 0 Å². The van der Waals surface area contributed by atoms with Crippen LogP contribution in [0.4, 0.5) is 5.69 Å². The molecule has 0 aliphatic carbocycles. The number of nitrogens with zero attached hydrogens (tertiary/aromatic N) is 1. The summed E-state index contributed by atoms with van der Waals surface area (Å²) in [5, 5.41) is 5.11. The van der Waals surface area contributed by atoms with E-state index in [9.17, 15) is 13.2 Å². The average molecular weight is 465 g/mol. The molecule has 1 heterocycles. The van der Waals surface area contributed by atoms with Gasteiger partial charge in [-0.15, -0.1) is 11.3 Å². The van der Waals surface area contributed by atoms with E-state index in [2.05, 4.69) is 5.32 Å². The summed E-state index contributed by atoms with van der Waals surface area (Å²) in [6.45, 7) is 2.52. The second-order valence-electron chi connectivity index (χ2n) is 6.47. The van der Waals surface area contributed by atoms with Crippen LogP contribution in [0.25, 0.3) is 0 Å². The van der Waals surface area contributed by atoms with Gasteiger partial charge in [0.1, 0.15) is 16.6 Å². The standard InChI is InChI=1S/C21H21ClN2O4S2/c1-15-5-10-18(14-19(15)22)28-12-11-23-21(25)16-6-8-17(9-7-16)24(2)30(26,27)20-4-3-13-29-20/h3-10,13-14H,11-12H2,1-2H3,(H,23,25). The number of rotatable bonds is 8. The average Bonchev–Trinajstić information content (AvgIpc) is 3.29. The summed E-state index contributed by atoms with van der Waals surface area (Å²) in [5.74, 6) is 0.370. The summed E-state index contributed by atoms with van der Waals surface area (Å²) in [7, 11) is -2.12. The van der Waals surface area contributed by atoms with Crippen LogP contribution in [-0.4, -0.2) is 34.5 Å². The highest BCUT2D eigenvalue weighted by Gasteiger charge is 2.22. The molecule has 0 atom stereocenters. The van der Waals surface area contributed by atoms with E-state index in [1.807, 2.05) is 19.1 Å². The van der Waals surface area contributed by atoms with Gasteiger partial charge in [0.05, 0.1) is 12.2 Å². The molecule has 158 valence electrons. The van der Waals surface area contributed by atoms with Crippen molar-refractivity contribution in [1.29, 1.82) is 0 Å². The van der Waals surface area contributed by atoms with Crippen molar-refractivity contribution < 1.29 is 17.9 Å². The highest BCUT2D eigenvalue weighted by molar-refractivity contribution is 7.94. The number of hydrogen-bond donors (Lipinski definition) is 1. The minimum absolute atomic E-state index is 0.265. The second-order valence-corrected chi connectivity index (χ2v) is 10.0. The van der Waals surface area contributed by atoms with Crippen LogP contribution in [0.3, 0.4) is 0 Å². The van der Waals surface area contributed by atoms with E-state index in [0.29, 0.717) is 35.2 Å². The third-order valence-electron chi connectivity index (χ3n) is 4.40. The molecule has 0 saturated heterocycles. The first-order valence-corrected chi connectivity index (χ1v) is 11.8. The van der Waals surface area contributed by atoms with Crippen LogP contribution in [0, 0.1) is 6.92 Å². The molecule has 1 amide bonds. The number of aryl methyl sites for hydroxylation is 1. The summed E-state index contributed by atoms with van der Waals surface area (Å²) >= 11 is 7.22. The lowest BCUT2D eigenvalue weighted by Crippen LogP contribution is -2.28. The van der Waals surface area contributed by atoms with Crippen LogP contribution in [-0.2, 0) is 10.0 Å². The lowest BCUT2D eigenvalue weighted by atomic mass is 10.2. The quantitative estimate of drug-likeness (QED) is 0.503. The number of sulfonamides is 1. The van der Waals surface area contributed by atoms with Crippen LogP contribution >= 0.6 is 22.9 Å². The Bertz CT molecular complexity index is 1110. The predicted octanol–water partition coefficient (Wildman–Crippen LogP) is 4.34. The molecule has 3 aromatic rings. The highest BCUT2D eigenvalue weighted by Crippen LogP contribution is 2.25. The molecular formula is C21H21ClN2O4S2. The molecule has 3 rings (SSSR count). The van der Waals surface area contributed by atoms with E-state index in [-0.39, 0.29) is 10.1 Å². The number of amides is 1. The van der Waals surface area contributed by atoms with Crippen molar-refractivity contribution >= 4 is 44.6 Å². The maximum absolute atomic E-state index is 12.6. The van der Waals surface area contributed by atoms with Gasteiger partial charge in [-0.3, -0.25) is 9.10 Å². The van der Waals surface area contributed by atoms with Crippen molar-refractivity contribution in [3.8, 4) is 5.75 Å². The van der Waals surface area contributed by atoms with Crippen LogP contribution in [0.5, 0.6) is 5.75 Å².